The van der Waals surface area contributed by atoms with Gasteiger partial charge in [0.2, 0.25) is 11.8 Å². The molecule has 2 amide bonds. The Bertz CT molecular complexity index is 1530. The molecular weight excluding hydrogens is 460 g/mol. The number of para-hydroxylation sites is 1. The Hall–Kier alpha value is -4.51. The minimum absolute atomic E-state index is 0.141. The van der Waals surface area contributed by atoms with Crippen molar-refractivity contribution < 1.29 is 14.3 Å². The lowest BCUT2D eigenvalue weighted by Gasteiger charge is -2.52. The van der Waals surface area contributed by atoms with Gasteiger partial charge in [0.25, 0.3) is 0 Å². The first kappa shape index (κ1) is 21.7. The number of nitrogens with zero attached hydrogens (tertiary/aromatic N) is 2. The van der Waals surface area contributed by atoms with Gasteiger partial charge in [0, 0.05) is 12.1 Å². The maximum absolute atomic E-state index is 14.3. The van der Waals surface area contributed by atoms with Crippen LogP contribution in [0.4, 0.5) is 11.4 Å². The molecule has 180 valence electrons. The molecule has 0 aromatic heterocycles. The smallest absolute Gasteiger partial charge is 0.239 e. The van der Waals surface area contributed by atoms with Crippen LogP contribution in [0.5, 0.6) is 5.75 Å². The average molecular weight is 485 g/mol. The number of aliphatic imine (C=N–C) groups is 1. The van der Waals surface area contributed by atoms with Gasteiger partial charge in [0.05, 0.1) is 35.7 Å². The topological polar surface area (TPSA) is 59.0 Å². The first-order valence-electron chi connectivity index (χ1n) is 12.5. The lowest BCUT2D eigenvalue weighted by molar-refractivity contribution is -0.122. The number of carbonyl (C=O) groups is 2. The number of hydrogen-bond acceptors (Lipinski definition) is 4. The van der Waals surface area contributed by atoms with Crippen molar-refractivity contribution in [3.05, 3.63) is 125 Å². The number of benzene rings is 4. The van der Waals surface area contributed by atoms with Crippen LogP contribution in [-0.4, -0.2) is 25.1 Å². The molecule has 0 spiro atoms. The predicted molar refractivity (Wildman–Crippen MR) is 143 cm³/mol. The lowest BCUT2D eigenvalue weighted by atomic mass is 9.47. The first-order chi connectivity index (χ1) is 18.1. The molecule has 3 aliphatic carbocycles. The second-order valence-electron chi connectivity index (χ2n) is 9.83. The van der Waals surface area contributed by atoms with E-state index in [0.29, 0.717) is 5.69 Å². The molecule has 4 aromatic carbocycles. The van der Waals surface area contributed by atoms with Crippen molar-refractivity contribution in [1.29, 1.82) is 0 Å². The van der Waals surface area contributed by atoms with E-state index in [1.807, 2.05) is 85.1 Å². The molecule has 1 aliphatic heterocycles. The Kier molecular flexibility index (Phi) is 4.70. The summed E-state index contributed by atoms with van der Waals surface area (Å²) in [6, 6.07) is 33.2. The fraction of sp³-hybridized carbons (Fsp3) is 0.156. The Balaban J connectivity index is 1.49. The summed E-state index contributed by atoms with van der Waals surface area (Å²) in [6.45, 7) is 0. The van der Waals surface area contributed by atoms with Crippen LogP contribution in [0.25, 0.3) is 0 Å². The molecule has 4 aliphatic rings. The van der Waals surface area contributed by atoms with E-state index in [9.17, 15) is 9.59 Å². The third-order valence-electron chi connectivity index (χ3n) is 8.19. The normalized spacial score (nSPS) is 25.2. The van der Waals surface area contributed by atoms with E-state index in [0.717, 1.165) is 33.7 Å². The number of anilines is 1. The van der Waals surface area contributed by atoms with E-state index in [4.69, 9.17) is 9.73 Å². The SMILES string of the molecule is COc1ccc(N=CC23c4ccccc4C(c4ccccc42)[C@H]2C(=O)N(c4ccccc4)C(=O)[C@@H]23)cc1. The molecule has 1 heterocycles. The third-order valence-corrected chi connectivity index (χ3v) is 8.19. The van der Waals surface area contributed by atoms with E-state index >= 15 is 0 Å². The van der Waals surface area contributed by atoms with Gasteiger partial charge in [-0.05, 0) is 58.7 Å². The number of hydrogen-bond donors (Lipinski definition) is 0. The summed E-state index contributed by atoms with van der Waals surface area (Å²) in [7, 11) is 1.63. The average Bonchev–Trinajstić information content (AvgIpc) is 3.23. The summed E-state index contributed by atoms with van der Waals surface area (Å²) >= 11 is 0. The van der Waals surface area contributed by atoms with Crippen LogP contribution in [-0.2, 0) is 15.0 Å². The number of methoxy groups -OCH3 is 1. The molecule has 5 heteroatoms. The van der Waals surface area contributed by atoms with Gasteiger partial charge in [0.15, 0.2) is 0 Å². The number of amides is 2. The summed E-state index contributed by atoms with van der Waals surface area (Å²) < 4.78 is 5.30. The molecule has 0 saturated carbocycles. The van der Waals surface area contributed by atoms with Crippen molar-refractivity contribution in [2.75, 3.05) is 12.0 Å². The zero-order valence-corrected chi connectivity index (χ0v) is 20.2. The number of carbonyl (C=O) groups excluding carboxylic acids is 2. The van der Waals surface area contributed by atoms with Crippen LogP contribution in [0.2, 0.25) is 0 Å². The minimum Gasteiger partial charge on any atom is -0.497 e. The van der Waals surface area contributed by atoms with Crippen LogP contribution in [0.15, 0.2) is 108 Å². The van der Waals surface area contributed by atoms with Crippen LogP contribution in [0.1, 0.15) is 28.2 Å². The molecule has 2 bridgehead atoms. The molecular formula is C32H24N2O3. The van der Waals surface area contributed by atoms with Crippen LogP contribution >= 0.6 is 0 Å². The van der Waals surface area contributed by atoms with Crippen molar-refractivity contribution in [2.45, 2.75) is 11.3 Å². The summed E-state index contributed by atoms with van der Waals surface area (Å²) in [5.41, 5.74) is 4.79. The highest BCUT2D eigenvalue weighted by molar-refractivity contribution is 6.25. The summed E-state index contributed by atoms with van der Waals surface area (Å²) in [5.74, 6) is -0.828. The van der Waals surface area contributed by atoms with E-state index < -0.39 is 17.3 Å². The Morgan fingerprint density at radius 2 is 1.35 bits per heavy atom. The lowest BCUT2D eigenvalue weighted by Crippen LogP contribution is -2.54. The molecule has 2 atom stereocenters. The maximum atomic E-state index is 14.3. The molecule has 0 N–H and O–H groups in total. The Morgan fingerprint density at radius 1 is 0.757 bits per heavy atom. The highest BCUT2D eigenvalue weighted by atomic mass is 16.5. The van der Waals surface area contributed by atoms with Crippen molar-refractivity contribution in [2.24, 2.45) is 16.8 Å². The molecule has 4 aromatic rings. The van der Waals surface area contributed by atoms with E-state index in [1.54, 1.807) is 7.11 Å². The number of rotatable bonds is 4. The fourth-order valence-electron chi connectivity index (χ4n) is 6.73. The van der Waals surface area contributed by atoms with Crippen LogP contribution in [0.3, 0.4) is 0 Å². The van der Waals surface area contributed by atoms with E-state index in [2.05, 4.69) is 24.3 Å². The quantitative estimate of drug-likeness (QED) is 0.278. The molecule has 0 radical (unpaired) electrons. The van der Waals surface area contributed by atoms with Crippen molar-refractivity contribution >= 4 is 29.4 Å². The zero-order chi connectivity index (χ0) is 25.1. The van der Waals surface area contributed by atoms with Gasteiger partial charge in [0.1, 0.15) is 5.75 Å². The Morgan fingerprint density at radius 3 is 1.97 bits per heavy atom. The van der Waals surface area contributed by atoms with E-state index in [1.165, 1.54) is 4.90 Å². The van der Waals surface area contributed by atoms with Gasteiger partial charge in [-0.1, -0.05) is 66.7 Å². The van der Waals surface area contributed by atoms with Crippen molar-refractivity contribution in [3.8, 4) is 5.75 Å². The summed E-state index contributed by atoms with van der Waals surface area (Å²) in [6.07, 6.45) is 1.92. The zero-order valence-electron chi connectivity index (χ0n) is 20.2. The largest absolute Gasteiger partial charge is 0.497 e. The van der Waals surface area contributed by atoms with Gasteiger partial charge in [-0.15, -0.1) is 0 Å². The van der Waals surface area contributed by atoms with Gasteiger partial charge < -0.3 is 4.74 Å². The monoisotopic (exact) mass is 484 g/mol. The van der Waals surface area contributed by atoms with Crippen LogP contribution < -0.4 is 9.64 Å². The summed E-state index contributed by atoms with van der Waals surface area (Å²) in [5, 5.41) is 0. The summed E-state index contributed by atoms with van der Waals surface area (Å²) in [4.78, 5) is 34.7. The third kappa shape index (κ3) is 2.88. The second kappa shape index (κ2) is 8.00. The highest BCUT2D eigenvalue weighted by Crippen LogP contribution is 2.63. The Labute approximate surface area is 215 Å². The second-order valence-corrected chi connectivity index (χ2v) is 9.83. The fourth-order valence-corrected chi connectivity index (χ4v) is 6.73. The van der Waals surface area contributed by atoms with Gasteiger partial charge in [-0.2, -0.15) is 0 Å². The number of ether oxygens (including phenoxy) is 1. The molecule has 37 heavy (non-hydrogen) atoms. The highest BCUT2D eigenvalue weighted by Gasteiger charge is 2.67. The predicted octanol–water partition coefficient (Wildman–Crippen LogP) is 5.65. The number of imide groups is 1. The molecule has 1 saturated heterocycles. The first-order valence-corrected chi connectivity index (χ1v) is 12.5. The van der Waals surface area contributed by atoms with Crippen molar-refractivity contribution in [1.82, 2.24) is 0 Å². The molecule has 1 fully saturated rings. The standard InChI is InChI=1S/C32H24N2O3/c1-37-22-17-15-20(16-18-22)33-19-32-25-13-7-5-11-23(25)27(24-12-6-8-14-26(24)32)28-29(32)31(36)34(30(28)35)21-9-3-2-4-10-21/h2-19,27-29H,1H3/t27?,28-,29-,32?/m1/s1. The maximum Gasteiger partial charge on any atom is 0.239 e. The van der Waals surface area contributed by atoms with Crippen LogP contribution in [0, 0.1) is 11.8 Å². The van der Waals surface area contributed by atoms with Gasteiger partial charge in [-0.25, -0.2) is 4.90 Å². The van der Waals surface area contributed by atoms with Gasteiger partial charge in [-0.3, -0.25) is 14.6 Å². The molecule has 5 nitrogen and oxygen atoms in total. The van der Waals surface area contributed by atoms with Gasteiger partial charge >= 0.3 is 0 Å². The van der Waals surface area contributed by atoms with Crippen molar-refractivity contribution in [3.63, 3.8) is 0 Å². The molecule has 0 unspecified atom stereocenters. The minimum atomic E-state index is -0.872. The molecule has 8 rings (SSSR count). The van der Waals surface area contributed by atoms with E-state index in [-0.39, 0.29) is 17.7 Å².